The lowest BCUT2D eigenvalue weighted by Crippen LogP contribution is -2.49. The molecular formula is C21H42O3Si2. The van der Waals surface area contributed by atoms with Crippen molar-refractivity contribution >= 4 is 16.6 Å². The first kappa shape index (κ1) is 23.8. The molecule has 2 atom stereocenters. The summed E-state index contributed by atoms with van der Waals surface area (Å²) in [5, 5.41) is 9.78. The van der Waals surface area contributed by atoms with Crippen LogP contribution in [0.1, 0.15) is 54.4 Å². The van der Waals surface area contributed by atoms with Crippen molar-refractivity contribution in [3.8, 4) is 0 Å². The maximum Gasteiger partial charge on any atom is 0.192 e. The molecule has 1 saturated carbocycles. The largest absolute Gasteiger partial charge is 0.413 e. The van der Waals surface area contributed by atoms with Crippen LogP contribution in [0.15, 0.2) is 23.8 Å². The highest BCUT2D eigenvalue weighted by molar-refractivity contribution is 6.74. The molecule has 1 fully saturated rings. The highest BCUT2D eigenvalue weighted by Crippen LogP contribution is 2.43. The second-order valence-corrected chi connectivity index (χ2v) is 20.3. The molecule has 5 heteroatoms. The Kier molecular flexibility index (Phi) is 7.37. The van der Waals surface area contributed by atoms with Crippen LogP contribution in [0.2, 0.25) is 36.3 Å². The highest BCUT2D eigenvalue weighted by Gasteiger charge is 2.44. The van der Waals surface area contributed by atoms with Crippen molar-refractivity contribution in [2.45, 2.75) is 103 Å². The molecule has 0 aromatic heterocycles. The molecule has 0 heterocycles. The monoisotopic (exact) mass is 398 g/mol. The maximum absolute atomic E-state index is 9.45. The molecule has 1 aliphatic rings. The zero-order valence-corrected chi connectivity index (χ0v) is 20.8. The van der Waals surface area contributed by atoms with E-state index in [2.05, 4.69) is 74.3 Å². The number of aliphatic hydroxyl groups is 1. The summed E-state index contributed by atoms with van der Waals surface area (Å²) in [6.45, 7) is 27.1. The molecule has 1 aliphatic carbocycles. The smallest absolute Gasteiger partial charge is 0.192 e. The van der Waals surface area contributed by atoms with Gasteiger partial charge in [-0.25, -0.2) is 0 Å². The molecule has 0 bridgehead atoms. The van der Waals surface area contributed by atoms with Gasteiger partial charge in [0.2, 0.25) is 0 Å². The summed E-state index contributed by atoms with van der Waals surface area (Å²) in [5.41, 5.74) is 2.13. The molecule has 0 radical (unpaired) electrons. The van der Waals surface area contributed by atoms with Crippen molar-refractivity contribution in [1.29, 1.82) is 0 Å². The molecule has 26 heavy (non-hydrogen) atoms. The van der Waals surface area contributed by atoms with E-state index in [0.29, 0.717) is 0 Å². The minimum absolute atomic E-state index is 0.0165. The van der Waals surface area contributed by atoms with E-state index in [-0.39, 0.29) is 28.9 Å². The Morgan fingerprint density at radius 2 is 1.46 bits per heavy atom. The van der Waals surface area contributed by atoms with Crippen molar-refractivity contribution in [2.24, 2.45) is 0 Å². The van der Waals surface area contributed by atoms with Gasteiger partial charge >= 0.3 is 0 Å². The van der Waals surface area contributed by atoms with Crippen LogP contribution in [0.3, 0.4) is 0 Å². The number of hydrogen-bond acceptors (Lipinski definition) is 3. The Balaban J connectivity index is 3.08. The third-order valence-corrected chi connectivity index (χ3v) is 15.6. The summed E-state index contributed by atoms with van der Waals surface area (Å²) >= 11 is 0. The van der Waals surface area contributed by atoms with E-state index < -0.39 is 16.6 Å². The molecule has 2 unspecified atom stereocenters. The van der Waals surface area contributed by atoms with Gasteiger partial charge in [-0.15, -0.1) is 0 Å². The summed E-state index contributed by atoms with van der Waals surface area (Å²) in [4.78, 5) is 0. The van der Waals surface area contributed by atoms with Crippen molar-refractivity contribution < 1.29 is 14.0 Å². The van der Waals surface area contributed by atoms with Gasteiger partial charge in [0.1, 0.15) is 0 Å². The zero-order valence-electron chi connectivity index (χ0n) is 18.8. The summed E-state index contributed by atoms with van der Waals surface area (Å²) in [6.07, 6.45) is 3.68. The van der Waals surface area contributed by atoms with Crippen LogP contribution in [0.25, 0.3) is 0 Å². The lowest BCUT2D eigenvalue weighted by atomic mass is 9.86. The van der Waals surface area contributed by atoms with E-state index in [1.807, 2.05) is 6.08 Å². The predicted molar refractivity (Wildman–Crippen MR) is 118 cm³/mol. The predicted octanol–water partition coefficient (Wildman–Crippen LogP) is 6.04. The van der Waals surface area contributed by atoms with E-state index in [9.17, 15) is 5.11 Å². The molecule has 0 saturated heterocycles. The van der Waals surface area contributed by atoms with Gasteiger partial charge in [0, 0.05) is 6.42 Å². The van der Waals surface area contributed by atoms with E-state index in [1.54, 1.807) is 0 Å². The zero-order chi connectivity index (χ0) is 20.6. The molecule has 0 amide bonds. The molecule has 1 rings (SSSR count). The summed E-state index contributed by atoms with van der Waals surface area (Å²) in [7, 11) is -3.76. The molecule has 0 aliphatic heterocycles. The first-order chi connectivity index (χ1) is 11.5. The van der Waals surface area contributed by atoms with Gasteiger partial charge in [-0.3, -0.25) is 0 Å². The number of hydrogen-bond donors (Lipinski definition) is 1. The second-order valence-electron chi connectivity index (χ2n) is 10.7. The summed E-state index contributed by atoms with van der Waals surface area (Å²) in [5.74, 6) is 0. The number of rotatable bonds is 5. The molecule has 0 aromatic carbocycles. The van der Waals surface area contributed by atoms with E-state index in [1.165, 1.54) is 0 Å². The van der Waals surface area contributed by atoms with Crippen molar-refractivity contribution in [3.63, 3.8) is 0 Å². The first-order valence-electron chi connectivity index (χ1n) is 9.86. The van der Waals surface area contributed by atoms with Gasteiger partial charge in [-0.2, -0.15) is 0 Å². The van der Waals surface area contributed by atoms with Gasteiger partial charge in [0.25, 0.3) is 0 Å². The minimum atomic E-state index is -1.91. The number of aliphatic hydroxyl groups excluding tert-OH is 1. The van der Waals surface area contributed by atoms with E-state index in [0.717, 1.165) is 24.0 Å². The molecule has 1 N–H and O–H groups in total. The normalized spacial score (nSPS) is 25.0. The quantitative estimate of drug-likeness (QED) is 0.574. The van der Waals surface area contributed by atoms with Crippen molar-refractivity contribution in [3.05, 3.63) is 23.8 Å². The van der Waals surface area contributed by atoms with Crippen LogP contribution in [-0.4, -0.2) is 40.6 Å². The van der Waals surface area contributed by atoms with E-state index in [4.69, 9.17) is 8.85 Å². The van der Waals surface area contributed by atoms with Crippen LogP contribution in [0.5, 0.6) is 0 Å². The first-order valence-corrected chi connectivity index (χ1v) is 15.7. The molecule has 0 spiro atoms. The Morgan fingerprint density at radius 3 is 1.88 bits per heavy atom. The standard InChI is InChI=1S/C21H42O3Si2/c1-16-17(12-13-22)14-18(23-25(8,9)20(2,3)4)15-19(16)24-26(10,11)21(5,6)7/h12,18-19,22H,1,13-15H2,2-11H3. The summed E-state index contributed by atoms with van der Waals surface area (Å²) < 4.78 is 13.4. The Morgan fingerprint density at radius 1 is 1.00 bits per heavy atom. The average Bonchev–Trinajstić information content (AvgIpc) is 2.40. The Hall–Kier alpha value is -0.206. The third kappa shape index (κ3) is 5.65. The van der Waals surface area contributed by atoms with Gasteiger partial charge < -0.3 is 14.0 Å². The van der Waals surface area contributed by atoms with Crippen LogP contribution >= 0.6 is 0 Å². The fourth-order valence-corrected chi connectivity index (χ4v) is 5.38. The van der Waals surface area contributed by atoms with Gasteiger partial charge in [-0.05, 0) is 53.8 Å². The van der Waals surface area contributed by atoms with Gasteiger partial charge in [0.15, 0.2) is 16.6 Å². The average molecular weight is 399 g/mol. The third-order valence-electron chi connectivity index (χ3n) is 6.57. The fraction of sp³-hybridized carbons (Fsp3) is 0.810. The molecular weight excluding hydrogens is 356 g/mol. The van der Waals surface area contributed by atoms with E-state index >= 15 is 0 Å². The molecule has 3 nitrogen and oxygen atoms in total. The van der Waals surface area contributed by atoms with Crippen LogP contribution < -0.4 is 0 Å². The van der Waals surface area contributed by atoms with Crippen LogP contribution in [0, 0.1) is 0 Å². The van der Waals surface area contributed by atoms with Crippen LogP contribution in [0.4, 0.5) is 0 Å². The lowest BCUT2D eigenvalue weighted by Gasteiger charge is -2.45. The van der Waals surface area contributed by atoms with Crippen molar-refractivity contribution in [2.75, 3.05) is 6.61 Å². The summed E-state index contributed by atoms with van der Waals surface area (Å²) in [6, 6.07) is 0. The highest BCUT2D eigenvalue weighted by atomic mass is 28.4. The Bertz CT molecular complexity index is 536. The topological polar surface area (TPSA) is 38.7 Å². The van der Waals surface area contributed by atoms with Gasteiger partial charge in [-0.1, -0.05) is 54.2 Å². The second kappa shape index (κ2) is 8.04. The fourth-order valence-electron chi connectivity index (χ4n) is 2.71. The maximum atomic E-state index is 9.45. The van der Waals surface area contributed by atoms with Crippen LogP contribution in [-0.2, 0) is 8.85 Å². The Labute approximate surface area is 164 Å². The SMILES string of the molecule is C=C1C(=CCO)CC(O[Si](C)(C)C(C)(C)C)CC1O[Si](C)(C)C(C)(C)C. The lowest BCUT2D eigenvalue weighted by molar-refractivity contribution is 0.0967. The van der Waals surface area contributed by atoms with Crippen molar-refractivity contribution in [1.82, 2.24) is 0 Å². The minimum Gasteiger partial charge on any atom is -0.413 e. The molecule has 152 valence electrons. The molecule has 0 aromatic rings. The van der Waals surface area contributed by atoms with Gasteiger partial charge in [0.05, 0.1) is 18.8 Å².